The Labute approximate surface area is 171 Å². The van der Waals surface area contributed by atoms with Gasteiger partial charge in [0.1, 0.15) is 0 Å². The van der Waals surface area contributed by atoms with E-state index in [0.29, 0.717) is 25.6 Å². The molecule has 3 fully saturated rings. The van der Waals surface area contributed by atoms with Crippen LogP contribution in [0.4, 0.5) is 0 Å². The lowest BCUT2D eigenvalue weighted by molar-refractivity contribution is -0.129. The second kappa shape index (κ2) is 9.37. The van der Waals surface area contributed by atoms with Gasteiger partial charge < -0.3 is 15.0 Å². The van der Waals surface area contributed by atoms with Crippen molar-refractivity contribution in [3.8, 4) is 0 Å². The summed E-state index contributed by atoms with van der Waals surface area (Å²) in [6.45, 7) is 4.36. The third kappa shape index (κ3) is 4.58. The zero-order valence-electron chi connectivity index (χ0n) is 16.5. The summed E-state index contributed by atoms with van der Waals surface area (Å²) in [5.41, 5.74) is 0. The first-order valence-corrected chi connectivity index (χ1v) is 11.6. The molecular formula is C21H31N3O3S. The summed E-state index contributed by atoms with van der Waals surface area (Å²) in [6.07, 6.45) is 7.01. The largest absolute Gasteiger partial charge is 0.376 e. The minimum Gasteiger partial charge on any atom is -0.376 e. The molecule has 28 heavy (non-hydrogen) atoms. The van der Waals surface area contributed by atoms with Gasteiger partial charge in [0.15, 0.2) is 0 Å². The highest BCUT2D eigenvalue weighted by Gasteiger charge is 2.37. The molecule has 3 heterocycles. The number of amides is 2. The maximum absolute atomic E-state index is 13.1. The molecule has 2 saturated heterocycles. The fourth-order valence-electron chi connectivity index (χ4n) is 4.83. The molecule has 3 aliphatic rings. The van der Waals surface area contributed by atoms with Gasteiger partial charge in [0, 0.05) is 39.3 Å². The van der Waals surface area contributed by atoms with Gasteiger partial charge in [0.25, 0.3) is 5.91 Å². The fraction of sp³-hybridized carbons (Fsp3) is 0.714. The molecule has 4 rings (SSSR count). The van der Waals surface area contributed by atoms with Crippen LogP contribution >= 0.6 is 11.3 Å². The van der Waals surface area contributed by atoms with Gasteiger partial charge >= 0.3 is 0 Å². The average molecular weight is 406 g/mol. The zero-order chi connectivity index (χ0) is 19.3. The molecule has 0 aromatic carbocycles. The van der Waals surface area contributed by atoms with Crippen LogP contribution < -0.4 is 5.32 Å². The van der Waals surface area contributed by atoms with Gasteiger partial charge in [0.05, 0.1) is 17.0 Å². The summed E-state index contributed by atoms with van der Waals surface area (Å²) in [5.74, 6) is 0.708. The van der Waals surface area contributed by atoms with Crippen molar-refractivity contribution in [2.24, 2.45) is 5.92 Å². The molecule has 2 aliphatic heterocycles. The standard InChI is InChI=1S/C21H31N3O3S/c25-20(22-15-17-7-3-13-27-17)19(16-5-1-2-6-16)23-9-11-24(12-10-23)21(26)18-8-4-14-28-18/h4,8,14,16-17,19H,1-3,5-7,9-13,15H2,(H,22,25). The minimum absolute atomic E-state index is 0.0668. The smallest absolute Gasteiger partial charge is 0.264 e. The lowest BCUT2D eigenvalue weighted by Crippen LogP contribution is -2.58. The molecule has 1 N–H and O–H groups in total. The van der Waals surface area contributed by atoms with E-state index in [1.807, 2.05) is 22.4 Å². The Bertz CT molecular complexity index is 646. The van der Waals surface area contributed by atoms with Gasteiger partial charge in [-0.1, -0.05) is 18.9 Å². The Morgan fingerprint density at radius 1 is 1.14 bits per heavy atom. The van der Waals surface area contributed by atoms with Crippen LogP contribution in [0.1, 0.15) is 48.2 Å². The van der Waals surface area contributed by atoms with E-state index in [-0.39, 0.29) is 24.0 Å². The SMILES string of the molecule is O=C(NCC1CCCO1)C(C1CCCC1)N1CCN(C(=O)c2cccs2)CC1. The molecule has 2 amide bonds. The quantitative estimate of drug-likeness (QED) is 0.789. The Morgan fingerprint density at radius 3 is 2.57 bits per heavy atom. The third-order valence-corrected chi connectivity index (χ3v) is 7.23. The van der Waals surface area contributed by atoms with Crippen LogP contribution in [0, 0.1) is 5.92 Å². The van der Waals surface area contributed by atoms with Crippen molar-refractivity contribution >= 4 is 23.2 Å². The number of rotatable bonds is 6. The maximum Gasteiger partial charge on any atom is 0.264 e. The van der Waals surface area contributed by atoms with Gasteiger partial charge in [-0.15, -0.1) is 11.3 Å². The number of hydrogen-bond donors (Lipinski definition) is 1. The van der Waals surface area contributed by atoms with Crippen LogP contribution in [0.3, 0.4) is 0 Å². The highest BCUT2D eigenvalue weighted by atomic mass is 32.1. The number of nitrogens with zero attached hydrogens (tertiary/aromatic N) is 2. The van der Waals surface area contributed by atoms with Gasteiger partial charge in [-0.3, -0.25) is 14.5 Å². The van der Waals surface area contributed by atoms with E-state index in [4.69, 9.17) is 4.74 Å². The van der Waals surface area contributed by atoms with Crippen molar-refractivity contribution in [3.63, 3.8) is 0 Å². The monoisotopic (exact) mass is 405 g/mol. The second-order valence-corrected chi connectivity index (χ2v) is 9.12. The number of thiophene rings is 1. The van der Waals surface area contributed by atoms with Gasteiger partial charge in [-0.05, 0) is 43.0 Å². The molecule has 2 unspecified atom stereocenters. The molecule has 6 nitrogen and oxygen atoms in total. The maximum atomic E-state index is 13.1. The van der Waals surface area contributed by atoms with Crippen molar-refractivity contribution < 1.29 is 14.3 Å². The Balaban J connectivity index is 1.35. The number of carbonyl (C=O) groups excluding carboxylic acids is 2. The predicted octanol–water partition coefficient (Wildman–Crippen LogP) is 2.36. The molecule has 154 valence electrons. The first-order valence-electron chi connectivity index (χ1n) is 10.7. The van der Waals surface area contributed by atoms with Crippen LogP contribution in [0.25, 0.3) is 0 Å². The van der Waals surface area contributed by atoms with E-state index < -0.39 is 0 Å². The Kier molecular flexibility index (Phi) is 6.65. The van der Waals surface area contributed by atoms with Crippen LogP contribution in [0.2, 0.25) is 0 Å². The van der Waals surface area contributed by atoms with E-state index in [1.54, 1.807) is 0 Å². The summed E-state index contributed by atoms with van der Waals surface area (Å²) in [5, 5.41) is 5.11. The number of nitrogens with one attached hydrogen (secondary N) is 1. The third-order valence-electron chi connectivity index (χ3n) is 6.37. The first kappa shape index (κ1) is 19.9. The van der Waals surface area contributed by atoms with Crippen molar-refractivity contribution in [1.82, 2.24) is 15.1 Å². The molecule has 0 spiro atoms. The highest BCUT2D eigenvalue weighted by Crippen LogP contribution is 2.31. The summed E-state index contributed by atoms with van der Waals surface area (Å²) >= 11 is 1.49. The lowest BCUT2D eigenvalue weighted by atomic mass is 9.95. The van der Waals surface area contributed by atoms with Gasteiger partial charge in [0.2, 0.25) is 5.91 Å². The van der Waals surface area contributed by atoms with Crippen molar-refractivity contribution in [2.75, 3.05) is 39.3 Å². The molecule has 1 saturated carbocycles. The predicted molar refractivity (Wildman–Crippen MR) is 110 cm³/mol. The van der Waals surface area contributed by atoms with E-state index in [2.05, 4.69) is 10.2 Å². The van der Waals surface area contributed by atoms with E-state index in [9.17, 15) is 9.59 Å². The normalized spacial score (nSPS) is 25.1. The van der Waals surface area contributed by atoms with Crippen molar-refractivity contribution in [2.45, 2.75) is 50.7 Å². The van der Waals surface area contributed by atoms with Crippen LogP contribution in [-0.4, -0.2) is 73.1 Å². The molecule has 0 radical (unpaired) electrons. The molecule has 1 aliphatic carbocycles. The number of piperazine rings is 1. The molecular weight excluding hydrogens is 374 g/mol. The lowest BCUT2D eigenvalue weighted by Gasteiger charge is -2.40. The van der Waals surface area contributed by atoms with Crippen molar-refractivity contribution in [3.05, 3.63) is 22.4 Å². The average Bonchev–Trinajstić information content (AvgIpc) is 3.50. The Hall–Kier alpha value is -1.44. The molecule has 2 atom stereocenters. The zero-order valence-corrected chi connectivity index (χ0v) is 17.3. The second-order valence-electron chi connectivity index (χ2n) is 8.18. The van der Waals surface area contributed by atoms with E-state index in [0.717, 1.165) is 50.3 Å². The van der Waals surface area contributed by atoms with E-state index in [1.165, 1.54) is 24.2 Å². The number of hydrogen-bond acceptors (Lipinski definition) is 5. The van der Waals surface area contributed by atoms with E-state index >= 15 is 0 Å². The fourth-order valence-corrected chi connectivity index (χ4v) is 5.53. The first-order chi connectivity index (χ1) is 13.7. The van der Waals surface area contributed by atoms with Crippen molar-refractivity contribution in [1.29, 1.82) is 0 Å². The summed E-state index contributed by atoms with van der Waals surface area (Å²) in [4.78, 5) is 30.8. The summed E-state index contributed by atoms with van der Waals surface area (Å²) in [7, 11) is 0. The Morgan fingerprint density at radius 2 is 1.93 bits per heavy atom. The summed E-state index contributed by atoms with van der Waals surface area (Å²) in [6, 6.07) is 3.74. The van der Waals surface area contributed by atoms with Gasteiger partial charge in [-0.2, -0.15) is 0 Å². The van der Waals surface area contributed by atoms with Crippen LogP contribution in [-0.2, 0) is 9.53 Å². The van der Waals surface area contributed by atoms with Crippen LogP contribution in [0.15, 0.2) is 17.5 Å². The van der Waals surface area contributed by atoms with Crippen LogP contribution in [0.5, 0.6) is 0 Å². The number of ether oxygens (including phenoxy) is 1. The van der Waals surface area contributed by atoms with Gasteiger partial charge in [-0.25, -0.2) is 0 Å². The highest BCUT2D eigenvalue weighted by molar-refractivity contribution is 7.12. The molecule has 1 aromatic rings. The number of carbonyl (C=O) groups is 2. The minimum atomic E-state index is -0.0668. The summed E-state index contributed by atoms with van der Waals surface area (Å²) < 4.78 is 5.66. The molecule has 7 heteroatoms. The molecule has 0 bridgehead atoms. The molecule has 1 aromatic heterocycles. The topological polar surface area (TPSA) is 61.9 Å².